The zero-order valence-electron chi connectivity index (χ0n) is 7.42. The largest absolute Gasteiger partial charge is 0.476 e. The highest BCUT2D eigenvalue weighted by molar-refractivity contribution is 7.87. The van der Waals surface area contributed by atoms with Crippen molar-refractivity contribution in [1.29, 1.82) is 0 Å². The van der Waals surface area contributed by atoms with Crippen LogP contribution in [0.2, 0.25) is 0 Å². The van der Waals surface area contributed by atoms with Crippen molar-refractivity contribution in [2.24, 2.45) is 0 Å². The lowest BCUT2D eigenvalue weighted by atomic mass is 10.3. The van der Waals surface area contributed by atoms with Crippen LogP contribution in [0, 0.1) is 11.6 Å². The van der Waals surface area contributed by atoms with E-state index in [0.717, 1.165) is 0 Å². The van der Waals surface area contributed by atoms with Crippen LogP contribution < -0.4 is 0 Å². The van der Waals surface area contributed by atoms with Gasteiger partial charge >= 0.3 is 11.2 Å². The summed E-state index contributed by atoms with van der Waals surface area (Å²) >= 11 is 0. The quantitative estimate of drug-likeness (QED) is 0.838. The zero-order chi connectivity index (χ0) is 12.5. The molecule has 1 N–H and O–H groups in total. The number of carboxylic acids is 1. The van der Waals surface area contributed by atoms with Crippen molar-refractivity contribution in [3.63, 3.8) is 0 Å². The Bertz CT molecular complexity index is 461. The number of carboxylic acid groups (broad SMARTS) is 1. The van der Waals surface area contributed by atoms with Crippen molar-refractivity contribution in [2.75, 3.05) is 0 Å². The van der Waals surface area contributed by atoms with Crippen LogP contribution in [0.1, 0.15) is 0 Å². The summed E-state index contributed by atoms with van der Waals surface area (Å²) in [6, 6.07) is 1.39. The molecule has 1 unspecified atom stereocenters. The van der Waals surface area contributed by atoms with Crippen molar-refractivity contribution in [3.8, 4) is 0 Å². The number of carbonyl (C=O) groups is 1. The summed E-state index contributed by atoms with van der Waals surface area (Å²) < 4.78 is 62.1. The van der Waals surface area contributed by atoms with Gasteiger partial charge in [0.25, 0.3) is 0 Å². The molecule has 8 heteroatoms. The Morgan fingerprint density at radius 3 is 2.38 bits per heavy atom. The Morgan fingerprint density at radius 1 is 1.31 bits per heavy atom. The summed E-state index contributed by atoms with van der Waals surface area (Å²) in [5, 5.41) is 3.40. The van der Waals surface area contributed by atoms with Crippen LogP contribution in [0.3, 0.4) is 0 Å². The van der Waals surface area contributed by atoms with Gasteiger partial charge < -0.3 is 5.11 Å². The lowest BCUT2D eigenvalue weighted by Gasteiger charge is -2.11. The molecule has 1 aromatic carbocycles. The summed E-state index contributed by atoms with van der Waals surface area (Å²) in [7, 11) is -3.49. The molecule has 0 aliphatic carbocycles. The van der Waals surface area contributed by atoms with Gasteiger partial charge in [-0.25, -0.2) is 17.8 Å². The van der Waals surface area contributed by atoms with Crippen molar-refractivity contribution < 1.29 is 31.7 Å². The van der Waals surface area contributed by atoms with Crippen LogP contribution in [0.25, 0.3) is 0 Å². The van der Waals surface area contributed by atoms with E-state index >= 15 is 0 Å². The molecular formula is C8H4F4O3S. The predicted octanol–water partition coefficient (Wildman–Crippen LogP) is 1.75. The molecule has 0 aromatic heterocycles. The highest BCUT2D eigenvalue weighted by atomic mass is 32.2. The standard InChI is InChI=1S/C8H4F4O3S/c9-4-1-2-5(10)6(3-4)16(15)8(11,12)7(13)14/h1-3H,(H,13,14). The molecule has 88 valence electrons. The van der Waals surface area contributed by atoms with Crippen molar-refractivity contribution in [1.82, 2.24) is 0 Å². The zero-order valence-corrected chi connectivity index (χ0v) is 8.23. The molecule has 1 aromatic rings. The summed E-state index contributed by atoms with van der Waals surface area (Å²) in [5.41, 5.74) is 0. The molecule has 0 saturated heterocycles. The number of rotatable bonds is 3. The summed E-state index contributed by atoms with van der Waals surface area (Å²) in [6.07, 6.45) is 0. The highest BCUT2D eigenvalue weighted by Gasteiger charge is 2.47. The van der Waals surface area contributed by atoms with Gasteiger partial charge in [0.05, 0.1) is 4.90 Å². The predicted molar refractivity (Wildman–Crippen MR) is 45.3 cm³/mol. The third-order valence-corrected chi connectivity index (χ3v) is 2.93. The maximum atomic E-state index is 12.9. The summed E-state index contributed by atoms with van der Waals surface area (Å²) in [6.45, 7) is 0. The van der Waals surface area contributed by atoms with Crippen LogP contribution >= 0.6 is 0 Å². The van der Waals surface area contributed by atoms with Gasteiger partial charge in [-0.2, -0.15) is 8.78 Å². The minimum atomic E-state index is -4.67. The molecule has 0 radical (unpaired) electrons. The van der Waals surface area contributed by atoms with Crippen molar-refractivity contribution >= 4 is 16.8 Å². The van der Waals surface area contributed by atoms with E-state index in [-0.39, 0.29) is 6.07 Å². The average molecular weight is 256 g/mol. The van der Waals surface area contributed by atoms with Gasteiger partial charge in [-0.1, -0.05) is 0 Å². The lowest BCUT2D eigenvalue weighted by molar-refractivity contribution is -0.153. The van der Waals surface area contributed by atoms with E-state index in [9.17, 15) is 26.6 Å². The first-order valence-electron chi connectivity index (χ1n) is 3.75. The highest BCUT2D eigenvalue weighted by Crippen LogP contribution is 2.27. The van der Waals surface area contributed by atoms with Crippen LogP contribution in [0.15, 0.2) is 23.1 Å². The monoisotopic (exact) mass is 256 g/mol. The van der Waals surface area contributed by atoms with E-state index in [4.69, 9.17) is 5.11 Å². The second-order valence-corrected chi connectivity index (χ2v) is 4.16. The molecule has 0 bridgehead atoms. The lowest BCUT2D eigenvalue weighted by Crippen LogP contribution is -2.33. The normalized spacial score (nSPS) is 13.5. The van der Waals surface area contributed by atoms with E-state index in [1.165, 1.54) is 0 Å². The first-order chi connectivity index (χ1) is 7.26. The first kappa shape index (κ1) is 12.6. The molecular weight excluding hydrogens is 252 g/mol. The van der Waals surface area contributed by atoms with Gasteiger partial charge in [0.15, 0.2) is 0 Å². The van der Waals surface area contributed by atoms with Crippen molar-refractivity contribution in [3.05, 3.63) is 29.8 Å². The Hall–Kier alpha value is -1.44. The van der Waals surface area contributed by atoms with E-state index in [0.29, 0.717) is 12.1 Å². The van der Waals surface area contributed by atoms with Gasteiger partial charge in [-0.3, -0.25) is 0 Å². The number of halogens is 4. The van der Waals surface area contributed by atoms with Gasteiger partial charge in [0, 0.05) is 0 Å². The number of benzene rings is 1. The Balaban J connectivity index is 3.25. The third-order valence-electron chi connectivity index (χ3n) is 1.57. The molecule has 1 rings (SSSR count). The van der Waals surface area contributed by atoms with Crippen LogP contribution in [0.4, 0.5) is 17.6 Å². The van der Waals surface area contributed by atoms with Gasteiger partial charge in [-0.05, 0) is 18.2 Å². The molecule has 0 fully saturated rings. The molecule has 0 aliphatic heterocycles. The number of hydrogen-bond donors (Lipinski definition) is 1. The van der Waals surface area contributed by atoms with Gasteiger partial charge in [0.1, 0.15) is 22.4 Å². The minimum Gasteiger partial charge on any atom is -0.476 e. The van der Waals surface area contributed by atoms with Crippen LogP contribution in [-0.2, 0) is 15.6 Å². The first-order valence-corrected chi connectivity index (χ1v) is 4.90. The van der Waals surface area contributed by atoms with E-state index < -0.39 is 38.6 Å². The van der Waals surface area contributed by atoms with Gasteiger partial charge in [-0.15, -0.1) is 0 Å². The summed E-state index contributed by atoms with van der Waals surface area (Å²) in [4.78, 5) is 8.89. The second-order valence-electron chi connectivity index (χ2n) is 2.67. The molecule has 0 spiro atoms. The number of aliphatic carboxylic acids is 1. The smallest absolute Gasteiger partial charge is 0.419 e. The number of alkyl halides is 2. The fourth-order valence-electron chi connectivity index (χ4n) is 0.837. The van der Waals surface area contributed by atoms with E-state index in [1.807, 2.05) is 0 Å². The molecule has 0 amide bonds. The molecule has 0 saturated carbocycles. The maximum absolute atomic E-state index is 12.9. The Labute approximate surface area is 89.2 Å². The summed E-state index contributed by atoms with van der Waals surface area (Å²) in [5.74, 6) is -5.12. The Morgan fingerprint density at radius 2 is 1.88 bits per heavy atom. The van der Waals surface area contributed by atoms with Crippen LogP contribution in [-0.4, -0.2) is 20.5 Å². The SMILES string of the molecule is O=C(O)C(F)(F)S(=O)c1cc(F)ccc1F. The molecule has 0 heterocycles. The third kappa shape index (κ3) is 2.21. The van der Waals surface area contributed by atoms with E-state index in [1.54, 1.807) is 0 Å². The molecule has 0 aliphatic rings. The molecule has 16 heavy (non-hydrogen) atoms. The maximum Gasteiger partial charge on any atom is 0.419 e. The second kappa shape index (κ2) is 4.20. The minimum absolute atomic E-state index is 0.266. The van der Waals surface area contributed by atoms with E-state index in [2.05, 4.69) is 0 Å². The van der Waals surface area contributed by atoms with Gasteiger partial charge in [0.2, 0.25) is 0 Å². The average Bonchev–Trinajstić information content (AvgIpc) is 2.20. The number of hydrogen-bond acceptors (Lipinski definition) is 2. The fourth-order valence-corrected chi connectivity index (χ4v) is 1.74. The van der Waals surface area contributed by atoms with Crippen LogP contribution in [0.5, 0.6) is 0 Å². The fraction of sp³-hybridized carbons (Fsp3) is 0.125. The topological polar surface area (TPSA) is 54.4 Å². The van der Waals surface area contributed by atoms with Crippen molar-refractivity contribution in [2.45, 2.75) is 10.2 Å². The Kier molecular flexibility index (Phi) is 3.32. The molecule has 3 nitrogen and oxygen atoms in total. The molecule has 1 atom stereocenters.